The first kappa shape index (κ1) is 20.8. The molecule has 0 aromatic heterocycles. The molecule has 0 aliphatic carbocycles. The summed E-state index contributed by atoms with van der Waals surface area (Å²) in [6.45, 7) is 5.75. The predicted octanol–water partition coefficient (Wildman–Crippen LogP) is 3.48. The van der Waals surface area contributed by atoms with Gasteiger partial charge in [0.2, 0.25) is 10.0 Å². The van der Waals surface area contributed by atoms with Crippen LogP contribution >= 0.6 is 11.6 Å². The summed E-state index contributed by atoms with van der Waals surface area (Å²) >= 11 is 6.23. The van der Waals surface area contributed by atoms with Crippen LogP contribution < -0.4 is 14.4 Å². The largest absolute Gasteiger partial charge is 0.496 e. The Morgan fingerprint density at radius 3 is 2.11 bits per heavy atom. The molecule has 2 aromatic rings. The quantitative estimate of drug-likeness (QED) is 0.735. The van der Waals surface area contributed by atoms with Crippen molar-refractivity contribution in [2.24, 2.45) is 0 Å². The topological polar surface area (TPSA) is 59.1 Å². The summed E-state index contributed by atoms with van der Waals surface area (Å²) in [7, 11) is -0.703. The third-order valence-electron chi connectivity index (χ3n) is 5.06. The highest BCUT2D eigenvalue weighted by molar-refractivity contribution is 7.89. The fraction of sp³-hybridized carbons (Fsp3) is 0.400. The maximum absolute atomic E-state index is 13.2. The second kappa shape index (κ2) is 8.19. The van der Waals surface area contributed by atoms with Crippen molar-refractivity contribution in [3.05, 3.63) is 46.5 Å². The van der Waals surface area contributed by atoms with Crippen molar-refractivity contribution in [1.29, 1.82) is 0 Å². The first-order chi connectivity index (χ1) is 13.3. The number of piperazine rings is 1. The summed E-state index contributed by atoms with van der Waals surface area (Å²) < 4.78 is 38.6. The molecule has 0 spiro atoms. The summed E-state index contributed by atoms with van der Waals surface area (Å²) in [5, 5.41) is 0.712. The van der Waals surface area contributed by atoms with Gasteiger partial charge in [0, 0.05) is 43.0 Å². The fourth-order valence-corrected chi connectivity index (χ4v) is 5.08. The lowest BCUT2D eigenvalue weighted by molar-refractivity contribution is 0.370. The minimum atomic E-state index is -3.70. The Bertz CT molecular complexity index is 970. The molecule has 0 unspecified atom stereocenters. The molecule has 0 atom stereocenters. The SMILES string of the molecule is COc1cc(S(=O)(=O)N2CCN(c3ccc(C)c(Cl)c3)CC2)c(OC)cc1C. The van der Waals surface area contributed by atoms with E-state index in [0.717, 1.165) is 16.8 Å². The van der Waals surface area contributed by atoms with Crippen LogP contribution in [0.3, 0.4) is 0 Å². The highest BCUT2D eigenvalue weighted by atomic mass is 35.5. The van der Waals surface area contributed by atoms with Gasteiger partial charge in [-0.25, -0.2) is 8.42 Å². The van der Waals surface area contributed by atoms with Crippen LogP contribution in [-0.4, -0.2) is 53.1 Å². The van der Waals surface area contributed by atoms with E-state index < -0.39 is 10.0 Å². The number of ether oxygens (including phenoxy) is 2. The first-order valence-electron chi connectivity index (χ1n) is 9.02. The van der Waals surface area contributed by atoms with Gasteiger partial charge in [0.1, 0.15) is 16.4 Å². The third kappa shape index (κ3) is 3.92. The number of anilines is 1. The normalized spacial score (nSPS) is 15.5. The Balaban J connectivity index is 1.82. The second-order valence-corrected chi connectivity index (χ2v) is 9.11. The van der Waals surface area contributed by atoms with Crippen molar-refractivity contribution >= 4 is 27.3 Å². The van der Waals surface area contributed by atoms with Crippen molar-refractivity contribution < 1.29 is 17.9 Å². The van der Waals surface area contributed by atoms with Crippen molar-refractivity contribution in [3.63, 3.8) is 0 Å². The van der Waals surface area contributed by atoms with E-state index in [4.69, 9.17) is 21.1 Å². The molecule has 0 N–H and O–H groups in total. The summed E-state index contributed by atoms with van der Waals surface area (Å²) in [4.78, 5) is 2.27. The molecular weight excluding hydrogens is 400 g/mol. The number of methoxy groups -OCH3 is 2. The van der Waals surface area contributed by atoms with Gasteiger partial charge in [-0.3, -0.25) is 0 Å². The van der Waals surface area contributed by atoms with Gasteiger partial charge in [0.15, 0.2) is 0 Å². The standard InChI is InChI=1S/C20H25ClN2O4S/c1-14-5-6-16(12-17(14)21)22-7-9-23(10-8-22)28(24,25)20-13-18(26-3)15(2)11-19(20)27-4/h5-6,11-13H,7-10H2,1-4H3. The average molecular weight is 425 g/mol. The molecule has 1 aliphatic heterocycles. The van der Waals surface area contributed by atoms with Gasteiger partial charge in [-0.2, -0.15) is 4.31 Å². The van der Waals surface area contributed by atoms with E-state index in [0.29, 0.717) is 42.7 Å². The highest BCUT2D eigenvalue weighted by Crippen LogP contribution is 2.34. The summed E-state index contributed by atoms with van der Waals surface area (Å²) in [6.07, 6.45) is 0. The lowest BCUT2D eigenvalue weighted by atomic mass is 10.2. The van der Waals surface area contributed by atoms with Crippen LogP contribution in [0.2, 0.25) is 5.02 Å². The summed E-state index contributed by atoms with van der Waals surface area (Å²) in [5.41, 5.74) is 2.84. The number of halogens is 1. The zero-order chi connectivity index (χ0) is 20.5. The van der Waals surface area contributed by atoms with E-state index in [1.54, 1.807) is 6.07 Å². The van der Waals surface area contributed by atoms with Gasteiger partial charge >= 0.3 is 0 Å². The number of benzene rings is 2. The Morgan fingerprint density at radius 1 is 0.893 bits per heavy atom. The summed E-state index contributed by atoms with van der Waals surface area (Å²) in [5.74, 6) is 0.846. The van der Waals surface area contributed by atoms with E-state index >= 15 is 0 Å². The minimum absolute atomic E-state index is 0.129. The molecule has 2 aromatic carbocycles. The Hall–Kier alpha value is -1.96. The zero-order valence-electron chi connectivity index (χ0n) is 16.5. The zero-order valence-corrected chi connectivity index (χ0v) is 18.1. The molecular formula is C20H25ClN2O4S. The minimum Gasteiger partial charge on any atom is -0.496 e. The van der Waals surface area contributed by atoms with Gasteiger partial charge in [-0.05, 0) is 43.2 Å². The number of aryl methyl sites for hydroxylation is 2. The van der Waals surface area contributed by atoms with Crippen LogP contribution in [0, 0.1) is 13.8 Å². The van der Waals surface area contributed by atoms with Crippen molar-refractivity contribution in [3.8, 4) is 11.5 Å². The van der Waals surface area contributed by atoms with Crippen LogP contribution in [0.1, 0.15) is 11.1 Å². The lowest BCUT2D eigenvalue weighted by Crippen LogP contribution is -2.48. The van der Waals surface area contributed by atoms with Gasteiger partial charge in [-0.1, -0.05) is 17.7 Å². The smallest absolute Gasteiger partial charge is 0.247 e. The van der Waals surface area contributed by atoms with Crippen molar-refractivity contribution in [1.82, 2.24) is 4.31 Å². The molecule has 1 aliphatic rings. The van der Waals surface area contributed by atoms with E-state index in [1.807, 2.05) is 32.0 Å². The summed E-state index contributed by atoms with van der Waals surface area (Å²) in [6, 6.07) is 9.14. The van der Waals surface area contributed by atoms with Crippen LogP contribution in [0.25, 0.3) is 0 Å². The highest BCUT2D eigenvalue weighted by Gasteiger charge is 2.32. The average Bonchev–Trinajstić information content (AvgIpc) is 2.69. The van der Waals surface area contributed by atoms with E-state index in [9.17, 15) is 8.42 Å². The monoisotopic (exact) mass is 424 g/mol. The first-order valence-corrected chi connectivity index (χ1v) is 10.8. The number of rotatable bonds is 5. The molecule has 152 valence electrons. The second-order valence-electron chi connectivity index (χ2n) is 6.80. The molecule has 0 amide bonds. The van der Waals surface area contributed by atoms with Gasteiger partial charge in [-0.15, -0.1) is 0 Å². The molecule has 0 radical (unpaired) electrons. The molecule has 8 heteroatoms. The number of sulfonamides is 1. The fourth-order valence-electron chi connectivity index (χ4n) is 3.33. The molecule has 28 heavy (non-hydrogen) atoms. The van der Waals surface area contributed by atoms with E-state index in [-0.39, 0.29) is 4.90 Å². The van der Waals surface area contributed by atoms with Gasteiger partial charge < -0.3 is 14.4 Å². The maximum Gasteiger partial charge on any atom is 0.247 e. The molecule has 3 rings (SSSR count). The van der Waals surface area contributed by atoms with Gasteiger partial charge in [0.25, 0.3) is 0 Å². The van der Waals surface area contributed by atoms with E-state index in [2.05, 4.69) is 4.90 Å². The van der Waals surface area contributed by atoms with Crippen LogP contribution in [0.15, 0.2) is 35.2 Å². The van der Waals surface area contributed by atoms with Crippen LogP contribution in [0.4, 0.5) is 5.69 Å². The molecule has 1 fully saturated rings. The Labute approximate surface area is 171 Å². The molecule has 0 saturated carbocycles. The lowest BCUT2D eigenvalue weighted by Gasteiger charge is -2.35. The Morgan fingerprint density at radius 2 is 1.54 bits per heavy atom. The van der Waals surface area contributed by atoms with E-state index in [1.165, 1.54) is 24.6 Å². The third-order valence-corrected chi connectivity index (χ3v) is 7.39. The maximum atomic E-state index is 13.2. The van der Waals surface area contributed by atoms with Gasteiger partial charge in [0.05, 0.1) is 14.2 Å². The van der Waals surface area contributed by atoms with Crippen molar-refractivity contribution in [2.45, 2.75) is 18.7 Å². The predicted molar refractivity (Wildman–Crippen MR) is 111 cm³/mol. The van der Waals surface area contributed by atoms with Crippen LogP contribution in [0.5, 0.6) is 11.5 Å². The van der Waals surface area contributed by atoms with Crippen LogP contribution in [-0.2, 0) is 10.0 Å². The molecule has 0 bridgehead atoms. The molecule has 1 heterocycles. The number of hydrogen-bond donors (Lipinski definition) is 0. The van der Waals surface area contributed by atoms with Crippen molar-refractivity contribution in [2.75, 3.05) is 45.3 Å². The Kier molecular flexibility index (Phi) is 6.07. The number of hydrogen-bond acceptors (Lipinski definition) is 5. The molecule has 1 saturated heterocycles. The molecule has 6 nitrogen and oxygen atoms in total. The number of nitrogens with zero attached hydrogens (tertiary/aromatic N) is 2.